The maximum atomic E-state index is 12.9. The highest BCUT2D eigenvalue weighted by Crippen LogP contribution is 2.40. The molecular weight excluding hydrogens is 313 g/mol. The van der Waals surface area contributed by atoms with E-state index in [2.05, 4.69) is 5.32 Å². The zero-order valence-electron chi connectivity index (χ0n) is 14.2. The van der Waals surface area contributed by atoms with Crippen LogP contribution in [0, 0.1) is 11.3 Å². The second kappa shape index (κ2) is 7.36. The number of methoxy groups -OCH3 is 1. The third-order valence-corrected chi connectivity index (χ3v) is 4.00. The van der Waals surface area contributed by atoms with Gasteiger partial charge in [0.2, 0.25) is 5.91 Å². The van der Waals surface area contributed by atoms with Gasteiger partial charge in [-0.2, -0.15) is 13.2 Å². The standard InChI is InChI=1S/C15H27F3N2O3/c1-8(2)6-10(11-13(22-5)23-11)20-12(21)9(19)7-14(3,4)15(16,17)18/h8-11,13H,6-7,19H2,1-5H3,(H,20,21)/t9-,10-,11?,13?/m0/s1. The topological polar surface area (TPSA) is 76.9 Å². The summed E-state index contributed by atoms with van der Waals surface area (Å²) in [5.41, 5.74) is 3.66. The number of carbonyl (C=O) groups is 1. The molecule has 0 aromatic carbocycles. The van der Waals surface area contributed by atoms with Gasteiger partial charge in [0.05, 0.1) is 17.5 Å². The molecule has 0 aromatic heterocycles. The largest absolute Gasteiger partial charge is 0.394 e. The van der Waals surface area contributed by atoms with Crippen LogP contribution >= 0.6 is 0 Å². The summed E-state index contributed by atoms with van der Waals surface area (Å²) in [6.07, 6.45) is -4.93. The van der Waals surface area contributed by atoms with Crippen molar-refractivity contribution in [3.8, 4) is 0 Å². The molecule has 136 valence electrons. The molecule has 0 radical (unpaired) electrons. The molecular formula is C15H27F3N2O3. The lowest BCUT2D eigenvalue weighted by Gasteiger charge is -2.30. The molecule has 1 fully saturated rings. The molecule has 0 saturated carbocycles. The fourth-order valence-electron chi connectivity index (χ4n) is 2.41. The van der Waals surface area contributed by atoms with Gasteiger partial charge >= 0.3 is 6.18 Å². The molecule has 0 aromatic rings. The van der Waals surface area contributed by atoms with Gasteiger partial charge in [0, 0.05) is 7.11 Å². The summed E-state index contributed by atoms with van der Waals surface area (Å²) in [6.45, 7) is 6.04. The Hall–Kier alpha value is -0.860. The first-order valence-corrected chi connectivity index (χ1v) is 7.70. The minimum atomic E-state index is -4.41. The van der Waals surface area contributed by atoms with Gasteiger partial charge in [-0.15, -0.1) is 0 Å². The van der Waals surface area contributed by atoms with E-state index in [9.17, 15) is 18.0 Å². The van der Waals surface area contributed by atoms with Gasteiger partial charge in [0.25, 0.3) is 0 Å². The maximum Gasteiger partial charge on any atom is 0.394 e. The van der Waals surface area contributed by atoms with Gasteiger partial charge in [0.1, 0.15) is 6.10 Å². The van der Waals surface area contributed by atoms with Crippen LogP contribution in [0.2, 0.25) is 0 Å². The third-order valence-electron chi connectivity index (χ3n) is 4.00. The van der Waals surface area contributed by atoms with Crippen LogP contribution in [0.4, 0.5) is 13.2 Å². The maximum absolute atomic E-state index is 12.9. The number of halogens is 3. The SMILES string of the molecule is COC1OC1[C@H](CC(C)C)NC(=O)[C@@H](N)CC(C)(C)C(F)(F)F. The third kappa shape index (κ3) is 5.61. The summed E-state index contributed by atoms with van der Waals surface area (Å²) < 4.78 is 49.1. The quantitative estimate of drug-likeness (QED) is 0.664. The number of nitrogens with one attached hydrogen (secondary N) is 1. The normalized spacial score (nSPS) is 24.4. The first kappa shape index (κ1) is 20.2. The Bertz CT molecular complexity index is 413. The van der Waals surface area contributed by atoms with Crippen LogP contribution in [0.5, 0.6) is 0 Å². The fraction of sp³-hybridized carbons (Fsp3) is 0.933. The molecule has 1 aliphatic heterocycles. The van der Waals surface area contributed by atoms with Crippen molar-refractivity contribution < 1.29 is 27.4 Å². The lowest BCUT2D eigenvalue weighted by Crippen LogP contribution is -2.51. The van der Waals surface area contributed by atoms with Gasteiger partial charge in [-0.25, -0.2) is 0 Å². The number of rotatable bonds is 8. The number of ether oxygens (including phenoxy) is 2. The molecule has 8 heteroatoms. The fourth-order valence-corrected chi connectivity index (χ4v) is 2.41. The molecule has 5 nitrogen and oxygen atoms in total. The summed E-state index contributed by atoms with van der Waals surface area (Å²) >= 11 is 0. The molecule has 2 unspecified atom stereocenters. The molecule has 1 saturated heterocycles. The molecule has 23 heavy (non-hydrogen) atoms. The van der Waals surface area contributed by atoms with Crippen LogP contribution in [0.3, 0.4) is 0 Å². The predicted octanol–water partition coefficient (Wildman–Crippen LogP) is 2.19. The van der Waals surface area contributed by atoms with E-state index in [1.807, 2.05) is 13.8 Å². The number of nitrogens with two attached hydrogens (primary N) is 1. The molecule has 1 amide bonds. The van der Waals surface area contributed by atoms with Crippen molar-refractivity contribution in [2.45, 2.75) is 71.2 Å². The Kier molecular flexibility index (Phi) is 6.46. The minimum absolute atomic E-state index is 0.282. The van der Waals surface area contributed by atoms with E-state index in [1.54, 1.807) is 0 Å². The molecule has 1 aliphatic rings. The highest BCUT2D eigenvalue weighted by molar-refractivity contribution is 5.81. The summed E-state index contributed by atoms with van der Waals surface area (Å²) in [7, 11) is 1.50. The van der Waals surface area contributed by atoms with Crippen LogP contribution < -0.4 is 11.1 Å². The Balaban J connectivity index is 2.64. The average Bonchev–Trinajstić information content (AvgIpc) is 3.14. The van der Waals surface area contributed by atoms with Gasteiger partial charge < -0.3 is 20.5 Å². The smallest absolute Gasteiger partial charge is 0.353 e. The molecule has 0 spiro atoms. The second-order valence-electron chi connectivity index (χ2n) is 7.14. The minimum Gasteiger partial charge on any atom is -0.353 e. The van der Waals surface area contributed by atoms with Crippen LogP contribution in [0.1, 0.15) is 40.5 Å². The molecule has 3 N–H and O–H groups in total. The summed E-state index contributed by atoms with van der Waals surface area (Å²) in [5, 5.41) is 2.71. The van der Waals surface area contributed by atoms with Crippen LogP contribution in [-0.2, 0) is 14.3 Å². The van der Waals surface area contributed by atoms with Crippen molar-refractivity contribution in [3.05, 3.63) is 0 Å². The number of carbonyl (C=O) groups excluding carboxylic acids is 1. The van der Waals surface area contributed by atoms with Gasteiger partial charge in [-0.3, -0.25) is 4.79 Å². The van der Waals surface area contributed by atoms with E-state index in [1.165, 1.54) is 7.11 Å². The Labute approximate surface area is 135 Å². The number of alkyl halides is 3. The Morgan fingerprint density at radius 1 is 1.35 bits per heavy atom. The van der Waals surface area contributed by atoms with Crippen LogP contribution in [0.25, 0.3) is 0 Å². The van der Waals surface area contributed by atoms with Crippen LogP contribution in [-0.4, -0.2) is 43.7 Å². The van der Waals surface area contributed by atoms with E-state index < -0.39 is 30.0 Å². The Morgan fingerprint density at radius 3 is 2.30 bits per heavy atom. The lowest BCUT2D eigenvalue weighted by molar-refractivity contribution is -0.214. The van der Waals surface area contributed by atoms with E-state index in [4.69, 9.17) is 15.2 Å². The first-order chi connectivity index (χ1) is 10.4. The first-order valence-electron chi connectivity index (χ1n) is 7.70. The predicted molar refractivity (Wildman–Crippen MR) is 79.5 cm³/mol. The average molecular weight is 340 g/mol. The monoisotopic (exact) mass is 340 g/mol. The highest BCUT2D eigenvalue weighted by atomic mass is 19.4. The second-order valence-corrected chi connectivity index (χ2v) is 7.14. The van der Waals surface area contributed by atoms with Crippen molar-refractivity contribution in [1.82, 2.24) is 5.32 Å². The number of amides is 1. The van der Waals surface area contributed by atoms with E-state index in [0.29, 0.717) is 6.42 Å². The van der Waals surface area contributed by atoms with Gasteiger partial charge in [0.15, 0.2) is 6.29 Å². The molecule has 1 rings (SSSR count). The number of epoxide rings is 1. The highest BCUT2D eigenvalue weighted by Gasteiger charge is 2.49. The molecule has 4 atom stereocenters. The van der Waals surface area contributed by atoms with Crippen molar-refractivity contribution in [3.63, 3.8) is 0 Å². The molecule has 1 heterocycles. The zero-order chi connectivity index (χ0) is 18.0. The number of hydrogen-bond acceptors (Lipinski definition) is 4. The summed E-state index contributed by atoms with van der Waals surface area (Å²) in [5.74, 6) is -0.317. The van der Waals surface area contributed by atoms with Crippen molar-refractivity contribution in [2.75, 3.05) is 7.11 Å². The molecule has 0 aliphatic carbocycles. The van der Waals surface area contributed by atoms with E-state index in [0.717, 1.165) is 13.8 Å². The van der Waals surface area contributed by atoms with Crippen LogP contribution in [0.15, 0.2) is 0 Å². The summed E-state index contributed by atoms with van der Waals surface area (Å²) in [4.78, 5) is 12.2. The van der Waals surface area contributed by atoms with Crippen molar-refractivity contribution in [2.24, 2.45) is 17.1 Å². The van der Waals surface area contributed by atoms with Gasteiger partial charge in [-0.1, -0.05) is 27.7 Å². The Morgan fingerprint density at radius 2 is 1.91 bits per heavy atom. The van der Waals surface area contributed by atoms with E-state index >= 15 is 0 Å². The van der Waals surface area contributed by atoms with Crippen molar-refractivity contribution in [1.29, 1.82) is 0 Å². The van der Waals surface area contributed by atoms with E-state index in [-0.39, 0.29) is 24.4 Å². The number of hydrogen-bond donors (Lipinski definition) is 2. The lowest BCUT2D eigenvalue weighted by atomic mass is 9.85. The molecule has 0 bridgehead atoms. The zero-order valence-corrected chi connectivity index (χ0v) is 14.2. The van der Waals surface area contributed by atoms with Crippen molar-refractivity contribution >= 4 is 5.91 Å². The summed E-state index contributed by atoms with van der Waals surface area (Å²) in [6, 6.07) is -1.56. The van der Waals surface area contributed by atoms with Gasteiger partial charge in [-0.05, 0) is 18.8 Å².